The Labute approximate surface area is 98.5 Å². The molecule has 0 aromatic heterocycles. The monoisotopic (exact) mass is 249 g/mol. The zero-order chi connectivity index (χ0) is 12.2. The summed E-state index contributed by atoms with van der Waals surface area (Å²) in [5.74, 6) is 0.894. The van der Waals surface area contributed by atoms with Crippen molar-refractivity contribution in [3.63, 3.8) is 0 Å². The summed E-state index contributed by atoms with van der Waals surface area (Å²) in [5, 5.41) is 0. The highest BCUT2D eigenvalue weighted by Crippen LogP contribution is 2.23. The van der Waals surface area contributed by atoms with Crippen LogP contribution in [0.15, 0.2) is 0 Å². The van der Waals surface area contributed by atoms with Crippen LogP contribution in [0.1, 0.15) is 33.1 Å². The van der Waals surface area contributed by atoms with E-state index in [9.17, 15) is 8.42 Å². The first-order valence-corrected chi connectivity index (χ1v) is 7.84. The van der Waals surface area contributed by atoms with Crippen LogP contribution in [0.2, 0.25) is 0 Å². The molecule has 96 valence electrons. The van der Waals surface area contributed by atoms with Crippen LogP contribution >= 0.6 is 0 Å². The molecule has 16 heavy (non-hydrogen) atoms. The van der Waals surface area contributed by atoms with Crippen LogP contribution in [0, 0.1) is 5.92 Å². The molecule has 1 saturated heterocycles. The van der Waals surface area contributed by atoms with Crippen molar-refractivity contribution in [1.82, 2.24) is 0 Å². The van der Waals surface area contributed by atoms with Gasteiger partial charge in [0.25, 0.3) is 0 Å². The summed E-state index contributed by atoms with van der Waals surface area (Å²) in [6, 6.07) is 0.0806. The van der Waals surface area contributed by atoms with E-state index in [1.54, 1.807) is 6.92 Å². The zero-order valence-corrected chi connectivity index (χ0v) is 11.0. The molecule has 0 radical (unpaired) electrons. The first-order valence-electron chi connectivity index (χ1n) is 6.02. The minimum atomic E-state index is -2.84. The molecule has 0 aliphatic carbocycles. The lowest BCUT2D eigenvalue weighted by Crippen LogP contribution is -2.31. The molecule has 0 aromatic carbocycles. The summed E-state index contributed by atoms with van der Waals surface area (Å²) in [7, 11) is -2.84. The smallest absolute Gasteiger partial charge is 0.150 e. The van der Waals surface area contributed by atoms with Crippen molar-refractivity contribution in [3.05, 3.63) is 0 Å². The van der Waals surface area contributed by atoms with Gasteiger partial charge in [0, 0.05) is 11.8 Å². The van der Waals surface area contributed by atoms with Crippen LogP contribution < -0.4 is 5.73 Å². The number of nitrogens with two attached hydrogens (primary N) is 1. The molecule has 3 atom stereocenters. The average molecular weight is 249 g/mol. The Morgan fingerprint density at radius 2 is 2.19 bits per heavy atom. The summed E-state index contributed by atoms with van der Waals surface area (Å²) in [4.78, 5) is 0. The van der Waals surface area contributed by atoms with Gasteiger partial charge in [-0.3, -0.25) is 0 Å². The van der Waals surface area contributed by atoms with Gasteiger partial charge in [0.2, 0.25) is 0 Å². The van der Waals surface area contributed by atoms with Crippen molar-refractivity contribution < 1.29 is 13.2 Å². The van der Waals surface area contributed by atoms with E-state index in [4.69, 9.17) is 10.5 Å². The van der Waals surface area contributed by atoms with Gasteiger partial charge >= 0.3 is 0 Å². The molecule has 0 saturated carbocycles. The highest BCUT2D eigenvalue weighted by atomic mass is 32.2. The minimum Gasteiger partial charge on any atom is -0.378 e. The Bertz CT molecular complexity index is 302. The Hall–Kier alpha value is -0.130. The number of ether oxygens (including phenoxy) is 1. The van der Waals surface area contributed by atoms with E-state index in [1.807, 2.05) is 6.92 Å². The van der Waals surface area contributed by atoms with Crippen molar-refractivity contribution in [2.45, 2.75) is 45.3 Å². The summed E-state index contributed by atoms with van der Waals surface area (Å²) in [5.41, 5.74) is 6.04. The van der Waals surface area contributed by atoms with Gasteiger partial charge in [-0.2, -0.15) is 0 Å². The second-order valence-corrected chi connectivity index (χ2v) is 7.15. The van der Waals surface area contributed by atoms with Crippen molar-refractivity contribution in [2.75, 3.05) is 18.1 Å². The predicted molar refractivity (Wildman–Crippen MR) is 65.1 cm³/mol. The highest BCUT2D eigenvalue weighted by molar-refractivity contribution is 7.91. The lowest BCUT2D eigenvalue weighted by molar-refractivity contribution is 0.118. The Balaban J connectivity index is 2.23. The maximum absolute atomic E-state index is 11.3. The maximum atomic E-state index is 11.3. The molecule has 2 N–H and O–H groups in total. The van der Waals surface area contributed by atoms with Gasteiger partial charge in [0.05, 0.1) is 18.5 Å². The Kier molecular flexibility index (Phi) is 5.21. The van der Waals surface area contributed by atoms with E-state index in [0.717, 1.165) is 19.4 Å². The van der Waals surface area contributed by atoms with Crippen LogP contribution in [-0.4, -0.2) is 38.7 Å². The molecule has 3 unspecified atom stereocenters. The molecule has 1 aliphatic rings. The molecule has 0 amide bonds. The number of hydrogen-bond acceptors (Lipinski definition) is 4. The standard InChI is InChI=1S/C11H23NO3S/c1-3-16(13,14)6-4-5-11(12)10-7-9(2)15-8-10/h9-11H,3-8,12H2,1-2H3. The number of hydrogen-bond donors (Lipinski definition) is 1. The van der Waals surface area contributed by atoms with Gasteiger partial charge < -0.3 is 10.5 Å². The van der Waals surface area contributed by atoms with E-state index < -0.39 is 9.84 Å². The quantitative estimate of drug-likeness (QED) is 0.761. The van der Waals surface area contributed by atoms with Crippen molar-refractivity contribution >= 4 is 9.84 Å². The summed E-state index contributed by atoms with van der Waals surface area (Å²) in [6.07, 6.45) is 2.75. The molecular weight excluding hydrogens is 226 g/mol. The first kappa shape index (κ1) is 13.9. The van der Waals surface area contributed by atoms with Crippen molar-refractivity contribution in [1.29, 1.82) is 0 Å². The predicted octanol–water partition coefficient (Wildman–Crippen LogP) is 0.954. The van der Waals surface area contributed by atoms with E-state index in [0.29, 0.717) is 18.4 Å². The number of rotatable bonds is 6. The molecule has 5 heteroatoms. The third-order valence-electron chi connectivity index (χ3n) is 3.27. The molecule has 1 aliphatic heterocycles. The Morgan fingerprint density at radius 1 is 1.50 bits per heavy atom. The molecule has 1 fully saturated rings. The average Bonchev–Trinajstić information content (AvgIpc) is 2.64. The van der Waals surface area contributed by atoms with E-state index >= 15 is 0 Å². The van der Waals surface area contributed by atoms with Crippen LogP contribution in [0.3, 0.4) is 0 Å². The number of sulfone groups is 1. The van der Waals surface area contributed by atoms with Gasteiger partial charge in [-0.15, -0.1) is 0 Å². The maximum Gasteiger partial charge on any atom is 0.150 e. The molecule has 1 rings (SSSR count). The second kappa shape index (κ2) is 5.98. The van der Waals surface area contributed by atoms with E-state index in [1.165, 1.54) is 0 Å². The fourth-order valence-corrected chi connectivity index (χ4v) is 2.96. The molecule has 0 spiro atoms. The fraction of sp³-hybridized carbons (Fsp3) is 1.00. The summed E-state index contributed by atoms with van der Waals surface area (Å²) >= 11 is 0. The largest absolute Gasteiger partial charge is 0.378 e. The third-order valence-corrected chi connectivity index (χ3v) is 5.06. The molecule has 4 nitrogen and oxygen atoms in total. The van der Waals surface area contributed by atoms with Gasteiger partial charge in [-0.05, 0) is 32.1 Å². The summed E-state index contributed by atoms with van der Waals surface area (Å²) in [6.45, 7) is 4.46. The molecule has 0 aromatic rings. The normalized spacial score (nSPS) is 28.2. The highest BCUT2D eigenvalue weighted by Gasteiger charge is 2.27. The van der Waals surface area contributed by atoms with Crippen molar-refractivity contribution in [2.24, 2.45) is 11.7 Å². The third kappa shape index (κ3) is 4.39. The van der Waals surface area contributed by atoms with Crippen LogP contribution in [0.5, 0.6) is 0 Å². The van der Waals surface area contributed by atoms with Gasteiger partial charge in [0.15, 0.2) is 0 Å². The SMILES string of the molecule is CCS(=O)(=O)CCCC(N)C1COC(C)C1. The first-order chi connectivity index (χ1) is 7.44. The van der Waals surface area contributed by atoms with Crippen LogP contribution in [0.25, 0.3) is 0 Å². The fourth-order valence-electron chi connectivity index (χ4n) is 2.07. The molecular formula is C11H23NO3S. The Morgan fingerprint density at radius 3 is 2.69 bits per heavy atom. The lowest BCUT2D eigenvalue weighted by Gasteiger charge is -2.17. The molecule has 1 heterocycles. The van der Waals surface area contributed by atoms with E-state index in [2.05, 4.69) is 0 Å². The minimum absolute atomic E-state index is 0.0806. The second-order valence-electron chi connectivity index (χ2n) is 4.68. The van der Waals surface area contributed by atoms with Gasteiger partial charge in [-0.1, -0.05) is 6.92 Å². The van der Waals surface area contributed by atoms with Gasteiger partial charge in [-0.25, -0.2) is 8.42 Å². The van der Waals surface area contributed by atoms with Gasteiger partial charge in [0.1, 0.15) is 9.84 Å². The lowest BCUT2D eigenvalue weighted by atomic mass is 9.94. The topological polar surface area (TPSA) is 69.4 Å². The summed E-state index contributed by atoms with van der Waals surface area (Å²) < 4.78 is 28.0. The van der Waals surface area contributed by atoms with Crippen LogP contribution in [0.4, 0.5) is 0 Å². The van der Waals surface area contributed by atoms with Crippen molar-refractivity contribution in [3.8, 4) is 0 Å². The van der Waals surface area contributed by atoms with E-state index in [-0.39, 0.29) is 17.5 Å². The van der Waals surface area contributed by atoms with Crippen LogP contribution in [-0.2, 0) is 14.6 Å². The zero-order valence-electron chi connectivity index (χ0n) is 10.2. The molecule has 0 bridgehead atoms.